The number of benzene rings is 1. The fourth-order valence-corrected chi connectivity index (χ4v) is 2.50. The maximum absolute atomic E-state index is 11.9. The molecule has 22 heavy (non-hydrogen) atoms. The molecule has 1 amide bonds. The molecule has 114 valence electrons. The molecule has 2 atom stereocenters. The minimum atomic E-state index is -0.725. The van der Waals surface area contributed by atoms with Gasteiger partial charge >= 0.3 is 0 Å². The lowest BCUT2D eigenvalue weighted by molar-refractivity contribution is -0.127. The van der Waals surface area contributed by atoms with Gasteiger partial charge in [0, 0.05) is 6.54 Å². The van der Waals surface area contributed by atoms with Crippen LogP contribution in [0.5, 0.6) is 5.75 Å². The van der Waals surface area contributed by atoms with Crippen LogP contribution in [0, 0.1) is 11.3 Å². The highest BCUT2D eigenvalue weighted by Crippen LogP contribution is 2.16. The van der Waals surface area contributed by atoms with Crippen LogP contribution in [-0.2, 0) is 4.79 Å². The molecule has 0 aliphatic carbocycles. The molecule has 2 N–H and O–H groups in total. The number of nitrogens with one attached hydrogen (secondary N) is 1. The highest BCUT2D eigenvalue weighted by Gasteiger charge is 2.16. The number of aliphatic hydroxyl groups excluding tert-OH is 1. The van der Waals surface area contributed by atoms with Crippen molar-refractivity contribution in [3.05, 3.63) is 52.2 Å². The molecule has 2 unspecified atom stereocenters. The molecule has 1 aromatic heterocycles. The summed E-state index contributed by atoms with van der Waals surface area (Å²) < 4.78 is 5.50. The Balaban J connectivity index is 1.82. The van der Waals surface area contributed by atoms with Crippen LogP contribution in [0.3, 0.4) is 0 Å². The van der Waals surface area contributed by atoms with E-state index in [1.807, 2.05) is 22.9 Å². The lowest BCUT2D eigenvalue weighted by atomic mass is 10.2. The zero-order valence-corrected chi connectivity index (χ0v) is 12.8. The van der Waals surface area contributed by atoms with Crippen molar-refractivity contribution in [3.8, 4) is 11.8 Å². The summed E-state index contributed by atoms with van der Waals surface area (Å²) in [5.41, 5.74) is 1.31. The maximum atomic E-state index is 11.9. The molecule has 0 bridgehead atoms. The van der Waals surface area contributed by atoms with Crippen LogP contribution in [0.25, 0.3) is 0 Å². The number of hydrogen-bond donors (Lipinski definition) is 2. The predicted octanol–water partition coefficient (Wildman–Crippen LogP) is 2.24. The van der Waals surface area contributed by atoms with Crippen molar-refractivity contribution in [1.29, 1.82) is 5.26 Å². The Bertz CT molecular complexity index is 647. The fraction of sp³-hybridized carbons (Fsp3) is 0.250. The van der Waals surface area contributed by atoms with Gasteiger partial charge in [-0.1, -0.05) is 0 Å². The van der Waals surface area contributed by atoms with Crippen molar-refractivity contribution in [1.82, 2.24) is 5.32 Å². The summed E-state index contributed by atoms with van der Waals surface area (Å²) in [4.78, 5) is 11.9. The second-order valence-corrected chi connectivity index (χ2v) is 5.49. The number of nitriles is 1. The summed E-state index contributed by atoms with van der Waals surface area (Å²) >= 11 is 1.49. The van der Waals surface area contributed by atoms with Gasteiger partial charge in [0.2, 0.25) is 0 Å². The highest BCUT2D eigenvalue weighted by molar-refractivity contribution is 7.07. The molecule has 0 radical (unpaired) electrons. The van der Waals surface area contributed by atoms with Crippen molar-refractivity contribution in [2.75, 3.05) is 6.54 Å². The molecule has 0 aliphatic heterocycles. The Morgan fingerprint density at radius 2 is 2.14 bits per heavy atom. The van der Waals surface area contributed by atoms with Crippen LogP contribution in [-0.4, -0.2) is 23.7 Å². The van der Waals surface area contributed by atoms with E-state index in [0.717, 1.165) is 5.56 Å². The Kier molecular flexibility index (Phi) is 5.53. The second-order valence-electron chi connectivity index (χ2n) is 4.71. The average Bonchev–Trinajstić information content (AvgIpc) is 3.07. The Hall–Kier alpha value is -2.36. The van der Waals surface area contributed by atoms with Gasteiger partial charge in [0.25, 0.3) is 5.91 Å². The van der Waals surface area contributed by atoms with E-state index >= 15 is 0 Å². The number of amides is 1. The van der Waals surface area contributed by atoms with Crippen molar-refractivity contribution < 1.29 is 14.6 Å². The first-order valence-electron chi connectivity index (χ1n) is 6.75. The number of nitrogens with zero attached hydrogens (tertiary/aromatic N) is 1. The van der Waals surface area contributed by atoms with E-state index in [9.17, 15) is 9.90 Å². The minimum absolute atomic E-state index is 0.136. The first kappa shape index (κ1) is 16.0. The third-order valence-corrected chi connectivity index (χ3v) is 3.76. The molecule has 0 saturated carbocycles. The quantitative estimate of drug-likeness (QED) is 0.856. The van der Waals surface area contributed by atoms with Crippen molar-refractivity contribution >= 4 is 17.2 Å². The molecular formula is C16H16N2O3S. The van der Waals surface area contributed by atoms with Gasteiger partial charge < -0.3 is 15.2 Å². The van der Waals surface area contributed by atoms with Crippen LogP contribution >= 0.6 is 11.3 Å². The van der Waals surface area contributed by atoms with Crippen molar-refractivity contribution in [3.63, 3.8) is 0 Å². The zero-order valence-electron chi connectivity index (χ0n) is 12.0. The Morgan fingerprint density at radius 3 is 2.73 bits per heavy atom. The smallest absolute Gasteiger partial charge is 0.260 e. The van der Waals surface area contributed by atoms with E-state index in [2.05, 4.69) is 5.32 Å². The van der Waals surface area contributed by atoms with Gasteiger partial charge in [0.15, 0.2) is 6.10 Å². The predicted molar refractivity (Wildman–Crippen MR) is 83.5 cm³/mol. The standard InChI is InChI=1S/C16H16N2O3S/c1-11(21-14-4-2-12(8-17)3-5-14)16(20)18-9-15(19)13-6-7-22-10-13/h2-7,10-11,15,19H,9H2,1H3,(H,18,20). The third-order valence-electron chi connectivity index (χ3n) is 3.06. The largest absolute Gasteiger partial charge is 0.481 e. The summed E-state index contributed by atoms with van der Waals surface area (Å²) in [5.74, 6) is 0.207. The topological polar surface area (TPSA) is 82.3 Å². The second kappa shape index (κ2) is 7.59. The number of carbonyl (C=O) groups excluding carboxylic acids is 1. The number of carbonyl (C=O) groups is 1. The number of rotatable bonds is 6. The number of hydrogen-bond acceptors (Lipinski definition) is 5. The maximum Gasteiger partial charge on any atom is 0.260 e. The van der Waals surface area contributed by atoms with Crippen LogP contribution in [0.2, 0.25) is 0 Å². The number of aliphatic hydroxyl groups is 1. The molecular weight excluding hydrogens is 300 g/mol. The third kappa shape index (κ3) is 4.32. The van der Waals surface area contributed by atoms with Crippen LogP contribution < -0.4 is 10.1 Å². The van der Waals surface area contributed by atoms with E-state index < -0.39 is 12.2 Å². The first-order valence-corrected chi connectivity index (χ1v) is 7.69. The van der Waals surface area contributed by atoms with Gasteiger partial charge in [-0.15, -0.1) is 0 Å². The average molecular weight is 316 g/mol. The summed E-state index contributed by atoms with van der Waals surface area (Å²) in [6.45, 7) is 1.77. The molecule has 2 rings (SSSR count). The van der Waals surface area contributed by atoms with Gasteiger partial charge in [0.05, 0.1) is 17.7 Å². The normalized spacial score (nSPS) is 13.0. The van der Waals surface area contributed by atoms with E-state index in [4.69, 9.17) is 10.00 Å². The lowest BCUT2D eigenvalue weighted by Gasteiger charge is -2.16. The van der Waals surface area contributed by atoms with E-state index in [-0.39, 0.29) is 12.5 Å². The fourth-order valence-electron chi connectivity index (χ4n) is 1.79. The zero-order chi connectivity index (χ0) is 15.9. The van der Waals surface area contributed by atoms with Crippen molar-refractivity contribution in [2.45, 2.75) is 19.1 Å². The Labute approximate surface area is 132 Å². The van der Waals surface area contributed by atoms with Gasteiger partial charge in [0.1, 0.15) is 5.75 Å². The molecule has 0 aliphatic rings. The van der Waals surface area contributed by atoms with Gasteiger partial charge in [-0.25, -0.2) is 0 Å². The summed E-state index contributed by atoms with van der Waals surface area (Å²) in [6, 6.07) is 10.4. The summed E-state index contributed by atoms with van der Waals surface area (Å²) in [7, 11) is 0. The lowest BCUT2D eigenvalue weighted by Crippen LogP contribution is -2.38. The number of thiophene rings is 1. The summed E-state index contributed by atoms with van der Waals surface area (Å²) in [5, 5.41) is 25.0. The van der Waals surface area contributed by atoms with Crippen molar-refractivity contribution in [2.24, 2.45) is 0 Å². The minimum Gasteiger partial charge on any atom is -0.481 e. The van der Waals surface area contributed by atoms with Crippen LogP contribution in [0.1, 0.15) is 24.2 Å². The number of ether oxygens (including phenoxy) is 1. The first-order chi connectivity index (χ1) is 10.6. The summed E-state index contributed by atoms with van der Waals surface area (Å²) in [6.07, 6.45) is -1.42. The molecule has 0 fully saturated rings. The van der Waals surface area contributed by atoms with Crippen LogP contribution in [0.4, 0.5) is 0 Å². The monoisotopic (exact) mass is 316 g/mol. The molecule has 6 heteroatoms. The molecule has 0 spiro atoms. The molecule has 2 aromatic rings. The Morgan fingerprint density at radius 1 is 1.41 bits per heavy atom. The van der Waals surface area contributed by atoms with Gasteiger partial charge in [-0.2, -0.15) is 16.6 Å². The molecule has 5 nitrogen and oxygen atoms in total. The van der Waals surface area contributed by atoms with Gasteiger partial charge in [-0.05, 0) is 53.6 Å². The SMILES string of the molecule is CC(Oc1ccc(C#N)cc1)C(=O)NCC(O)c1ccsc1. The van der Waals surface area contributed by atoms with E-state index in [1.54, 1.807) is 31.2 Å². The van der Waals surface area contributed by atoms with E-state index in [0.29, 0.717) is 11.3 Å². The molecule has 0 saturated heterocycles. The molecule has 1 heterocycles. The molecule has 1 aromatic carbocycles. The van der Waals surface area contributed by atoms with Crippen LogP contribution in [0.15, 0.2) is 41.1 Å². The van der Waals surface area contributed by atoms with E-state index in [1.165, 1.54) is 11.3 Å². The highest BCUT2D eigenvalue weighted by atomic mass is 32.1. The van der Waals surface area contributed by atoms with Gasteiger partial charge in [-0.3, -0.25) is 4.79 Å².